The summed E-state index contributed by atoms with van der Waals surface area (Å²) in [5.74, 6) is 2.36. The predicted octanol–water partition coefficient (Wildman–Crippen LogP) is 2.64. The van der Waals surface area contributed by atoms with Gasteiger partial charge in [-0.1, -0.05) is 0 Å². The number of hydrogen-bond donors (Lipinski definition) is 0. The summed E-state index contributed by atoms with van der Waals surface area (Å²) in [4.78, 5) is 7.35. The summed E-state index contributed by atoms with van der Waals surface area (Å²) in [6.45, 7) is 8.39. The molecular formula is C17H27N3O. The van der Waals surface area contributed by atoms with Crippen molar-refractivity contribution >= 4 is 0 Å². The first-order valence-corrected chi connectivity index (χ1v) is 8.67. The van der Waals surface area contributed by atoms with Crippen molar-refractivity contribution in [2.75, 3.05) is 26.3 Å². The molecule has 4 nitrogen and oxygen atoms in total. The molecular weight excluding hydrogens is 262 g/mol. The van der Waals surface area contributed by atoms with Crippen LogP contribution in [0, 0.1) is 11.8 Å². The smallest absolute Gasteiger partial charge is 0.0952 e. The highest BCUT2D eigenvalue weighted by atomic mass is 16.5. The van der Waals surface area contributed by atoms with E-state index in [2.05, 4.69) is 22.7 Å². The van der Waals surface area contributed by atoms with Gasteiger partial charge in [0.15, 0.2) is 0 Å². The maximum absolute atomic E-state index is 5.78. The van der Waals surface area contributed by atoms with E-state index in [1.807, 2.05) is 0 Å². The summed E-state index contributed by atoms with van der Waals surface area (Å²) in [5.41, 5.74) is 2.79. The Bertz CT molecular complexity index is 490. The molecule has 1 aromatic heterocycles. The van der Waals surface area contributed by atoms with Gasteiger partial charge in [-0.25, -0.2) is 4.98 Å². The zero-order valence-electron chi connectivity index (χ0n) is 13.1. The van der Waals surface area contributed by atoms with Gasteiger partial charge in [0.1, 0.15) is 0 Å². The van der Waals surface area contributed by atoms with Gasteiger partial charge in [-0.15, -0.1) is 0 Å². The Labute approximate surface area is 127 Å². The van der Waals surface area contributed by atoms with E-state index in [9.17, 15) is 0 Å². The highest BCUT2D eigenvalue weighted by molar-refractivity contribution is 5.22. The normalized spacial score (nSPS) is 26.0. The van der Waals surface area contributed by atoms with Gasteiger partial charge in [-0.2, -0.15) is 0 Å². The Kier molecular flexibility index (Phi) is 3.76. The molecule has 0 aromatic carbocycles. The molecule has 2 saturated carbocycles. The van der Waals surface area contributed by atoms with Crippen LogP contribution in [0.25, 0.3) is 0 Å². The van der Waals surface area contributed by atoms with Crippen LogP contribution in [0.3, 0.4) is 0 Å². The van der Waals surface area contributed by atoms with Crippen molar-refractivity contribution in [2.24, 2.45) is 11.8 Å². The summed E-state index contributed by atoms with van der Waals surface area (Å²) < 4.78 is 8.21. The number of nitrogens with zero attached hydrogens (tertiary/aromatic N) is 3. The third kappa shape index (κ3) is 3.16. The molecule has 1 aromatic rings. The van der Waals surface area contributed by atoms with Gasteiger partial charge in [0.2, 0.25) is 0 Å². The number of ether oxygens (including phenoxy) is 1. The molecule has 3 aliphatic rings. The molecule has 1 aliphatic heterocycles. The van der Waals surface area contributed by atoms with Crippen LogP contribution in [0.4, 0.5) is 0 Å². The van der Waals surface area contributed by atoms with Crippen molar-refractivity contribution in [1.29, 1.82) is 0 Å². The lowest BCUT2D eigenvalue weighted by molar-refractivity contribution is 0.102. The topological polar surface area (TPSA) is 30.3 Å². The fourth-order valence-electron chi connectivity index (χ4n) is 3.62. The number of imidazole rings is 1. The van der Waals surface area contributed by atoms with E-state index in [1.165, 1.54) is 50.2 Å². The van der Waals surface area contributed by atoms with E-state index in [4.69, 9.17) is 9.72 Å². The summed E-state index contributed by atoms with van der Waals surface area (Å²) >= 11 is 0. The van der Waals surface area contributed by atoms with Gasteiger partial charge in [0, 0.05) is 44.4 Å². The van der Waals surface area contributed by atoms with Crippen LogP contribution < -0.4 is 0 Å². The van der Waals surface area contributed by atoms with Crippen LogP contribution in [-0.4, -0.2) is 40.8 Å². The molecule has 0 saturated heterocycles. The van der Waals surface area contributed by atoms with E-state index >= 15 is 0 Å². The van der Waals surface area contributed by atoms with Gasteiger partial charge < -0.3 is 9.30 Å². The molecule has 2 aliphatic carbocycles. The lowest BCUT2D eigenvalue weighted by atomic mass is 9.98. The zero-order valence-corrected chi connectivity index (χ0v) is 13.1. The van der Waals surface area contributed by atoms with E-state index in [0.717, 1.165) is 38.1 Å². The molecule has 4 rings (SSSR count). The maximum Gasteiger partial charge on any atom is 0.0952 e. The van der Waals surface area contributed by atoms with Crippen molar-refractivity contribution in [3.8, 4) is 0 Å². The Morgan fingerprint density at radius 3 is 2.67 bits per heavy atom. The molecule has 2 fully saturated rings. The molecule has 4 heteroatoms. The van der Waals surface area contributed by atoms with Gasteiger partial charge in [-0.3, -0.25) is 4.90 Å². The van der Waals surface area contributed by atoms with Crippen molar-refractivity contribution in [3.05, 3.63) is 17.7 Å². The summed E-state index contributed by atoms with van der Waals surface area (Å²) in [6, 6.07) is 0. The van der Waals surface area contributed by atoms with E-state index in [-0.39, 0.29) is 0 Å². The van der Waals surface area contributed by atoms with Crippen LogP contribution in [-0.2, 0) is 17.8 Å². The van der Waals surface area contributed by atoms with Crippen LogP contribution in [0.2, 0.25) is 0 Å². The first kappa shape index (κ1) is 13.8. The minimum atomic E-state index is 0.508. The quantitative estimate of drug-likeness (QED) is 0.773. The van der Waals surface area contributed by atoms with Crippen LogP contribution >= 0.6 is 0 Å². The average molecular weight is 289 g/mol. The zero-order chi connectivity index (χ0) is 14.2. The maximum atomic E-state index is 5.78. The molecule has 0 spiro atoms. The van der Waals surface area contributed by atoms with Gasteiger partial charge in [0.05, 0.1) is 18.6 Å². The summed E-state index contributed by atoms with van der Waals surface area (Å²) in [6.07, 6.45) is 7.74. The van der Waals surface area contributed by atoms with Gasteiger partial charge in [0.25, 0.3) is 0 Å². The minimum absolute atomic E-state index is 0.508. The summed E-state index contributed by atoms with van der Waals surface area (Å²) in [7, 11) is 0. The molecule has 0 amide bonds. The van der Waals surface area contributed by atoms with Crippen molar-refractivity contribution in [2.45, 2.75) is 51.6 Å². The second kappa shape index (κ2) is 5.73. The average Bonchev–Trinajstić information content (AvgIpc) is 3.38. The standard InChI is InChI=1S/C17H27N3O/c1-2-21-11-15-9-19(7-13-3-4-13)10-16-17(15)20(12-18-16)8-14-5-6-14/h12-15H,2-11H2,1H3. The Morgan fingerprint density at radius 1 is 1.19 bits per heavy atom. The number of rotatable bonds is 7. The SMILES string of the molecule is CCOCC1CN(CC2CC2)Cc2ncn(CC3CC3)c21. The number of hydrogen-bond acceptors (Lipinski definition) is 3. The Hall–Kier alpha value is -0.870. The van der Waals surface area contributed by atoms with Crippen LogP contribution in [0.5, 0.6) is 0 Å². The largest absolute Gasteiger partial charge is 0.381 e. The molecule has 1 unspecified atom stereocenters. The highest BCUT2D eigenvalue weighted by Crippen LogP contribution is 2.36. The molecule has 21 heavy (non-hydrogen) atoms. The highest BCUT2D eigenvalue weighted by Gasteiger charge is 2.34. The minimum Gasteiger partial charge on any atom is -0.381 e. The van der Waals surface area contributed by atoms with Gasteiger partial charge in [-0.05, 0) is 44.4 Å². The van der Waals surface area contributed by atoms with E-state index < -0.39 is 0 Å². The fraction of sp³-hybridized carbons (Fsp3) is 0.824. The predicted molar refractivity (Wildman–Crippen MR) is 82.2 cm³/mol. The second-order valence-corrected chi connectivity index (χ2v) is 7.17. The molecule has 0 N–H and O–H groups in total. The first-order chi connectivity index (χ1) is 10.3. The van der Waals surface area contributed by atoms with Crippen LogP contribution in [0.15, 0.2) is 6.33 Å². The number of fused-ring (bicyclic) bond motifs is 1. The summed E-state index contributed by atoms with van der Waals surface area (Å²) in [5, 5.41) is 0. The lowest BCUT2D eigenvalue weighted by Gasteiger charge is -2.33. The lowest BCUT2D eigenvalue weighted by Crippen LogP contribution is -2.37. The molecule has 116 valence electrons. The van der Waals surface area contributed by atoms with Gasteiger partial charge >= 0.3 is 0 Å². The fourth-order valence-corrected chi connectivity index (χ4v) is 3.62. The Morgan fingerprint density at radius 2 is 1.95 bits per heavy atom. The Balaban J connectivity index is 1.53. The number of aromatic nitrogens is 2. The van der Waals surface area contributed by atoms with Crippen molar-refractivity contribution in [3.63, 3.8) is 0 Å². The van der Waals surface area contributed by atoms with E-state index in [0.29, 0.717) is 5.92 Å². The molecule has 2 heterocycles. The first-order valence-electron chi connectivity index (χ1n) is 8.67. The second-order valence-electron chi connectivity index (χ2n) is 7.17. The third-order valence-electron chi connectivity index (χ3n) is 5.09. The molecule has 0 bridgehead atoms. The molecule has 1 atom stereocenters. The van der Waals surface area contributed by atoms with Crippen molar-refractivity contribution in [1.82, 2.24) is 14.5 Å². The third-order valence-corrected chi connectivity index (χ3v) is 5.09. The monoisotopic (exact) mass is 289 g/mol. The van der Waals surface area contributed by atoms with Crippen molar-refractivity contribution < 1.29 is 4.74 Å². The van der Waals surface area contributed by atoms with E-state index in [1.54, 1.807) is 0 Å². The van der Waals surface area contributed by atoms with Crippen LogP contribution in [0.1, 0.15) is 49.9 Å². The molecule has 0 radical (unpaired) electrons.